The lowest BCUT2D eigenvalue weighted by molar-refractivity contribution is 0.0955. The van der Waals surface area contributed by atoms with Crippen LogP contribution in [-0.2, 0) is 6.42 Å². The highest BCUT2D eigenvalue weighted by Gasteiger charge is 2.11. The van der Waals surface area contributed by atoms with E-state index in [4.69, 9.17) is 5.73 Å². The molecule has 0 unspecified atom stereocenters. The highest BCUT2D eigenvalue weighted by atomic mass is 16.1. The number of aromatic nitrogens is 3. The summed E-state index contributed by atoms with van der Waals surface area (Å²) in [5, 5.41) is 10.2. The van der Waals surface area contributed by atoms with E-state index in [1.807, 2.05) is 30.3 Å². The number of nitrogens with two attached hydrogens (primary N) is 1. The van der Waals surface area contributed by atoms with Crippen molar-refractivity contribution in [1.82, 2.24) is 20.5 Å². The summed E-state index contributed by atoms with van der Waals surface area (Å²) in [6, 6.07) is 9.98. The molecule has 2 heterocycles. The molecule has 3 rings (SSSR count). The number of fused-ring (bicyclic) bond motifs is 1. The third-order valence-corrected chi connectivity index (χ3v) is 3.31. The molecule has 0 saturated heterocycles. The molecule has 21 heavy (non-hydrogen) atoms. The number of aromatic amines is 1. The van der Waals surface area contributed by atoms with E-state index < -0.39 is 0 Å². The Bertz CT molecular complexity index is 775. The number of amides is 1. The Hall–Kier alpha value is -2.89. The number of hydrogen-bond acceptors (Lipinski definition) is 4. The summed E-state index contributed by atoms with van der Waals surface area (Å²) >= 11 is 0. The minimum Gasteiger partial charge on any atom is -0.383 e. The molecule has 2 aromatic heterocycles. The first kappa shape index (κ1) is 13.1. The number of carbonyl (C=O) groups excluding carboxylic acids is 1. The fraction of sp³-hybridized carbons (Fsp3) is 0.133. The number of pyridine rings is 1. The quantitative estimate of drug-likeness (QED) is 0.675. The molecule has 0 aliphatic heterocycles. The lowest BCUT2D eigenvalue weighted by Gasteiger charge is -2.07. The summed E-state index contributed by atoms with van der Waals surface area (Å²) in [4.78, 5) is 16.3. The number of anilines is 1. The van der Waals surface area contributed by atoms with Gasteiger partial charge in [0.2, 0.25) is 0 Å². The van der Waals surface area contributed by atoms with E-state index in [2.05, 4.69) is 20.5 Å². The molecule has 6 heteroatoms. The van der Waals surface area contributed by atoms with Gasteiger partial charge < -0.3 is 11.1 Å². The Kier molecular flexibility index (Phi) is 3.51. The number of hydrogen-bond donors (Lipinski definition) is 3. The number of nitrogen functional groups attached to an aromatic ring is 1. The van der Waals surface area contributed by atoms with Gasteiger partial charge in [0, 0.05) is 18.1 Å². The largest absolute Gasteiger partial charge is 0.383 e. The molecular formula is C15H15N5O. The van der Waals surface area contributed by atoms with Crippen LogP contribution >= 0.6 is 0 Å². The van der Waals surface area contributed by atoms with Gasteiger partial charge >= 0.3 is 0 Å². The topological polar surface area (TPSA) is 96.7 Å². The van der Waals surface area contributed by atoms with Crippen molar-refractivity contribution in [1.29, 1.82) is 0 Å². The molecule has 0 bridgehead atoms. The van der Waals surface area contributed by atoms with E-state index in [0.29, 0.717) is 18.5 Å². The third kappa shape index (κ3) is 2.69. The van der Waals surface area contributed by atoms with E-state index in [1.165, 1.54) is 6.20 Å². The molecule has 4 N–H and O–H groups in total. The van der Waals surface area contributed by atoms with Crippen molar-refractivity contribution < 1.29 is 4.79 Å². The number of rotatable bonds is 4. The van der Waals surface area contributed by atoms with Crippen molar-refractivity contribution in [3.63, 3.8) is 0 Å². The van der Waals surface area contributed by atoms with Crippen LogP contribution in [0.15, 0.2) is 42.7 Å². The number of H-pyrrole nitrogens is 1. The van der Waals surface area contributed by atoms with Crippen LogP contribution < -0.4 is 11.1 Å². The van der Waals surface area contributed by atoms with Crippen molar-refractivity contribution in [3.05, 3.63) is 53.9 Å². The summed E-state index contributed by atoms with van der Waals surface area (Å²) in [7, 11) is 0. The van der Waals surface area contributed by atoms with Crippen LogP contribution in [0.25, 0.3) is 10.9 Å². The van der Waals surface area contributed by atoms with Crippen molar-refractivity contribution >= 4 is 22.6 Å². The molecule has 3 aromatic rings. The summed E-state index contributed by atoms with van der Waals surface area (Å²) < 4.78 is 0. The first-order valence-corrected chi connectivity index (χ1v) is 6.65. The monoisotopic (exact) mass is 281 g/mol. The number of carbonyl (C=O) groups is 1. The normalized spacial score (nSPS) is 10.7. The Balaban J connectivity index is 1.67. The zero-order valence-electron chi connectivity index (χ0n) is 11.3. The number of benzene rings is 1. The smallest absolute Gasteiger partial charge is 0.256 e. The van der Waals surface area contributed by atoms with Gasteiger partial charge in [-0.05, 0) is 18.1 Å². The van der Waals surface area contributed by atoms with Gasteiger partial charge in [0.25, 0.3) is 5.91 Å². The summed E-state index contributed by atoms with van der Waals surface area (Å²) in [6.45, 7) is 0.513. The van der Waals surface area contributed by atoms with Gasteiger partial charge in [0.05, 0.1) is 11.7 Å². The van der Waals surface area contributed by atoms with Crippen molar-refractivity contribution in [2.45, 2.75) is 6.42 Å². The van der Waals surface area contributed by atoms with E-state index >= 15 is 0 Å². The van der Waals surface area contributed by atoms with Gasteiger partial charge in [-0.3, -0.25) is 14.9 Å². The van der Waals surface area contributed by atoms with Gasteiger partial charge in [0.1, 0.15) is 11.4 Å². The standard InChI is InChI=1S/C15H15N5O/c16-14-12(9-19-20-14)15(21)18-8-6-11-4-1-3-10-5-2-7-17-13(10)11/h1-5,7,9H,6,8H2,(H,18,21)(H3,16,19,20). The van der Waals surface area contributed by atoms with Crippen LogP contribution in [0.4, 0.5) is 5.82 Å². The van der Waals surface area contributed by atoms with E-state index in [9.17, 15) is 4.79 Å². The zero-order valence-corrected chi connectivity index (χ0v) is 11.3. The molecule has 0 radical (unpaired) electrons. The van der Waals surface area contributed by atoms with Crippen LogP contribution in [0, 0.1) is 0 Å². The molecule has 0 fully saturated rings. The van der Waals surface area contributed by atoms with Gasteiger partial charge in [-0.2, -0.15) is 5.10 Å². The average molecular weight is 281 g/mol. The van der Waals surface area contributed by atoms with Gasteiger partial charge in [-0.15, -0.1) is 0 Å². The van der Waals surface area contributed by atoms with Crippen LogP contribution in [-0.4, -0.2) is 27.6 Å². The zero-order chi connectivity index (χ0) is 14.7. The molecule has 1 amide bonds. The molecule has 0 saturated carbocycles. The Morgan fingerprint density at radius 2 is 2.14 bits per heavy atom. The van der Waals surface area contributed by atoms with Crippen LogP contribution in [0.2, 0.25) is 0 Å². The molecule has 6 nitrogen and oxygen atoms in total. The van der Waals surface area contributed by atoms with Gasteiger partial charge in [-0.1, -0.05) is 24.3 Å². The lowest BCUT2D eigenvalue weighted by atomic mass is 10.1. The Morgan fingerprint density at radius 1 is 1.29 bits per heavy atom. The number of nitrogens with zero attached hydrogens (tertiary/aromatic N) is 2. The Morgan fingerprint density at radius 3 is 2.95 bits per heavy atom. The predicted molar refractivity (Wildman–Crippen MR) is 80.8 cm³/mol. The van der Waals surface area contributed by atoms with Gasteiger partial charge in [-0.25, -0.2) is 0 Å². The second kappa shape index (κ2) is 5.62. The minimum atomic E-state index is -0.227. The van der Waals surface area contributed by atoms with Crippen LogP contribution in [0.1, 0.15) is 15.9 Å². The maximum Gasteiger partial charge on any atom is 0.256 e. The molecule has 0 spiro atoms. The van der Waals surface area contributed by atoms with Crippen molar-refractivity contribution in [2.24, 2.45) is 0 Å². The molecular weight excluding hydrogens is 266 g/mol. The lowest BCUT2D eigenvalue weighted by Crippen LogP contribution is -2.26. The third-order valence-electron chi connectivity index (χ3n) is 3.31. The first-order chi connectivity index (χ1) is 10.3. The first-order valence-electron chi connectivity index (χ1n) is 6.65. The average Bonchev–Trinajstić information content (AvgIpc) is 2.93. The molecule has 0 aliphatic carbocycles. The van der Waals surface area contributed by atoms with E-state index in [-0.39, 0.29) is 11.7 Å². The molecule has 0 atom stereocenters. The molecule has 0 aliphatic rings. The summed E-state index contributed by atoms with van der Waals surface area (Å²) in [5.41, 5.74) is 8.05. The molecule has 106 valence electrons. The maximum atomic E-state index is 11.9. The maximum absolute atomic E-state index is 11.9. The van der Waals surface area contributed by atoms with Crippen molar-refractivity contribution in [2.75, 3.05) is 12.3 Å². The van der Waals surface area contributed by atoms with E-state index in [0.717, 1.165) is 16.5 Å². The van der Waals surface area contributed by atoms with Crippen LogP contribution in [0.5, 0.6) is 0 Å². The fourth-order valence-corrected chi connectivity index (χ4v) is 2.25. The Labute approximate surface area is 121 Å². The SMILES string of the molecule is Nc1[nH]ncc1C(=O)NCCc1cccc2cccnc12. The summed E-state index contributed by atoms with van der Waals surface area (Å²) in [5.74, 6) is 0.0498. The predicted octanol–water partition coefficient (Wildman–Crippen LogP) is 1.51. The molecule has 1 aromatic carbocycles. The highest BCUT2D eigenvalue weighted by Crippen LogP contribution is 2.16. The minimum absolute atomic E-state index is 0.227. The van der Waals surface area contributed by atoms with Gasteiger partial charge in [0.15, 0.2) is 0 Å². The second-order valence-electron chi connectivity index (χ2n) is 4.70. The highest BCUT2D eigenvalue weighted by molar-refractivity contribution is 5.98. The van der Waals surface area contributed by atoms with Crippen LogP contribution in [0.3, 0.4) is 0 Å². The second-order valence-corrected chi connectivity index (χ2v) is 4.70. The summed E-state index contributed by atoms with van der Waals surface area (Å²) in [6.07, 6.45) is 3.90. The number of nitrogens with one attached hydrogen (secondary N) is 2. The number of para-hydroxylation sites is 1. The van der Waals surface area contributed by atoms with Crippen molar-refractivity contribution in [3.8, 4) is 0 Å². The van der Waals surface area contributed by atoms with E-state index in [1.54, 1.807) is 6.20 Å². The fourth-order valence-electron chi connectivity index (χ4n) is 2.25.